The van der Waals surface area contributed by atoms with Gasteiger partial charge in [-0.05, 0) is 62.2 Å². The molecule has 4 unspecified atom stereocenters. The molecule has 2 fully saturated rings. The number of rotatable bonds is 7. The molecule has 2 aliphatic rings. The number of amides is 2. The lowest BCUT2D eigenvalue weighted by atomic mass is 9.71. The molecule has 4 atom stereocenters. The minimum absolute atomic E-state index is 0.111. The molecule has 26 heavy (non-hydrogen) atoms. The fourth-order valence-electron chi connectivity index (χ4n) is 5.18. The molecule has 0 aromatic rings. The highest BCUT2D eigenvalue weighted by Gasteiger charge is 2.38. The summed E-state index contributed by atoms with van der Waals surface area (Å²) in [4.78, 5) is 26.3. The Morgan fingerprint density at radius 3 is 1.42 bits per heavy atom. The van der Waals surface area contributed by atoms with E-state index in [0.29, 0.717) is 36.8 Å². The van der Waals surface area contributed by atoms with E-state index in [1.807, 2.05) is 0 Å². The lowest BCUT2D eigenvalue weighted by molar-refractivity contribution is 0.0894. The van der Waals surface area contributed by atoms with Gasteiger partial charge < -0.3 is 20.0 Å². The van der Waals surface area contributed by atoms with Crippen molar-refractivity contribution in [1.82, 2.24) is 9.80 Å². The second kappa shape index (κ2) is 8.96. The molecule has 0 saturated carbocycles. The van der Waals surface area contributed by atoms with Crippen LogP contribution in [0.5, 0.6) is 0 Å². The van der Waals surface area contributed by atoms with Crippen molar-refractivity contribution in [3.63, 3.8) is 0 Å². The molecule has 150 valence electrons. The second-order valence-electron chi connectivity index (χ2n) is 8.83. The Morgan fingerprint density at radius 2 is 1.15 bits per heavy atom. The van der Waals surface area contributed by atoms with Gasteiger partial charge in [-0.25, -0.2) is 9.59 Å². The molecule has 0 aliphatic carbocycles. The Balaban J connectivity index is 2.12. The number of likely N-dealkylation sites (tertiary alicyclic amines) is 2. The number of hydrogen-bond donors (Lipinski definition) is 2. The Kier molecular flexibility index (Phi) is 7.18. The largest absolute Gasteiger partial charge is 0.465 e. The normalized spacial score (nSPS) is 25.9. The summed E-state index contributed by atoms with van der Waals surface area (Å²) in [5.41, 5.74) is 0. The van der Waals surface area contributed by atoms with Crippen LogP contribution in [0.15, 0.2) is 0 Å². The molecule has 6 heteroatoms. The minimum Gasteiger partial charge on any atom is -0.465 e. The standard InChI is InChI=1S/C20H36N2O4/c1-13(2)17(11-15-7-5-9-21(15)19(23)24)18(14(3)4)12-16-8-6-10-22(16)20(25)26/h13-18H,5-12H2,1-4H3,(H,23,24)(H,25,26). The van der Waals surface area contributed by atoms with Crippen LogP contribution in [-0.4, -0.2) is 57.4 Å². The average molecular weight is 369 g/mol. The average Bonchev–Trinajstić information content (AvgIpc) is 3.19. The van der Waals surface area contributed by atoms with Gasteiger partial charge in [0.05, 0.1) is 0 Å². The highest BCUT2D eigenvalue weighted by atomic mass is 16.4. The molecule has 2 rings (SSSR count). The van der Waals surface area contributed by atoms with Crippen LogP contribution in [-0.2, 0) is 0 Å². The first-order valence-corrected chi connectivity index (χ1v) is 10.2. The van der Waals surface area contributed by atoms with Crippen molar-refractivity contribution < 1.29 is 19.8 Å². The third kappa shape index (κ3) is 4.83. The van der Waals surface area contributed by atoms with Crippen LogP contribution in [0, 0.1) is 23.7 Å². The Bertz CT molecular complexity index is 450. The third-order valence-corrected chi connectivity index (χ3v) is 6.60. The van der Waals surface area contributed by atoms with E-state index >= 15 is 0 Å². The van der Waals surface area contributed by atoms with Gasteiger partial charge in [-0.3, -0.25) is 0 Å². The molecule has 2 N–H and O–H groups in total. The van der Waals surface area contributed by atoms with Crippen LogP contribution in [0.25, 0.3) is 0 Å². The summed E-state index contributed by atoms with van der Waals surface area (Å²) in [6, 6.07) is 0.223. The van der Waals surface area contributed by atoms with Crippen molar-refractivity contribution in [2.24, 2.45) is 23.7 Å². The predicted molar refractivity (Wildman–Crippen MR) is 101 cm³/mol. The number of carbonyl (C=O) groups is 2. The summed E-state index contributed by atoms with van der Waals surface area (Å²) in [6.07, 6.45) is 3.98. The van der Waals surface area contributed by atoms with Gasteiger partial charge >= 0.3 is 12.2 Å². The molecule has 6 nitrogen and oxygen atoms in total. The van der Waals surface area contributed by atoms with Crippen molar-refractivity contribution in [3.8, 4) is 0 Å². The summed E-state index contributed by atoms with van der Waals surface area (Å²) in [5.74, 6) is 1.74. The van der Waals surface area contributed by atoms with Gasteiger partial charge in [0.25, 0.3) is 0 Å². The first kappa shape index (κ1) is 20.8. The quantitative estimate of drug-likeness (QED) is 0.688. The van der Waals surface area contributed by atoms with Crippen molar-refractivity contribution in [3.05, 3.63) is 0 Å². The van der Waals surface area contributed by atoms with Crippen LogP contribution in [0.4, 0.5) is 9.59 Å². The molecule has 2 heterocycles. The van der Waals surface area contributed by atoms with Gasteiger partial charge in [-0.1, -0.05) is 27.7 Å². The van der Waals surface area contributed by atoms with E-state index in [1.165, 1.54) is 0 Å². The molecule has 2 aliphatic heterocycles. The first-order valence-electron chi connectivity index (χ1n) is 10.2. The van der Waals surface area contributed by atoms with E-state index in [0.717, 1.165) is 38.5 Å². The van der Waals surface area contributed by atoms with Gasteiger partial charge in [0.1, 0.15) is 0 Å². The fourth-order valence-corrected chi connectivity index (χ4v) is 5.18. The van der Waals surface area contributed by atoms with Gasteiger partial charge in [0.15, 0.2) is 0 Å². The van der Waals surface area contributed by atoms with Gasteiger partial charge in [-0.15, -0.1) is 0 Å². The van der Waals surface area contributed by atoms with Crippen LogP contribution in [0.3, 0.4) is 0 Å². The SMILES string of the molecule is CC(C)C(CC1CCCN1C(=O)O)C(CC1CCCN1C(=O)O)C(C)C. The molecule has 0 aromatic heterocycles. The maximum Gasteiger partial charge on any atom is 0.407 e. The smallest absolute Gasteiger partial charge is 0.407 e. The number of hydrogen-bond acceptors (Lipinski definition) is 2. The van der Waals surface area contributed by atoms with Crippen LogP contribution < -0.4 is 0 Å². The zero-order valence-electron chi connectivity index (χ0n) is 16.7. The molecular weight excluding hydrogens is 332 g/mol. The lowest BCUT2D eigenvalue weighted by Crippen LogP contribution is -2.41. The molecule has 0 spiro atoms. The van der Waals surface area contributed by atoms with Gasteiger partial charge in [0.2, 0.25) is 0 Å². The molecule has 0 aromatic carbocycles. The topological polar surface area (TPSA) is 81.1 Å². The highest BCUT2D eigenvalue weighted by molar-refractivity contribution is 5.66. The lowest BCUT2D eigenvalue weighted by Gasteiger charge is -2.38. The van der Waals surface area contributed by atoms with E-state index in [2.05, 4.69) is 27.7 Å². The van der Waals surface area contributed by atoms with E-state index in [1.54, 1.807) is 9.80 Å². The summed E-state index contributed by atoms with van der Waals surface area (Å²) in [7, 11) is 0. The van der Waals surface area contributed by atoms with Gasteiger partial charge in [0, 0.05) is 25.2 Å². The van der Waals surface area contributed by atoms with E-state index in [4.69, 9.17) is 0 Å². The van der Waals surface area contributed by atoms with Crippen LogP contribution >= 0.6 is 0 Å². The van der Waals surface area contributed by atoms with E-state index < -0.39 is 12.2 Å². The fraction of sp³-hybridized carbons (Fsp3) is 0.900. The van der Waals surface area contributed by atoms with Crippen molar-refractivity contribution >= 4 is 12.2 Å². The zero-order valence-corrected chi connectivity index (χ0v) is 16.7. The van der Waals surface area contributed by atoms with E-state index in [9.17, 15) is 19.8 Å². The predicted octanol–water partition coefficient (Wildman–Crippen LogP) is 4.60. The Morgan fingerprint density at radius 1 is 0.808 bits per heavy atom. The third-order valence-electron chi connectivity index (χ3n) is 6.60. The summed E-state index contributed by atoms with van der Waals surface area (Å²) < 4.78 is 0. The monoisotopic (exact) mass is 368 g/mol. The molecule has 0 radical (unpaired) electrons. The van der Waals surface area contributed by atoms with Crippen molar-refractivity contribution in [1.29, 1.82) is 0 Å². The maximum absolute atomic E-state index is 11.5. The first-order chi connectivity index (χ1) is 12.2. The molecular formula is C20H36N2O4. The van der Waals surface area contributed by atoms with E-state index in [-0.39, 0.29) is 12.1 Å². The number of nitrogens with zero attached hydrogens (tertiary/aromatic N) is 2. The van der Waals surface area contributed by atoms with Crippen molar-refractivity contribution in [2.45, 2.75) is 78.3 Å². The summed E-state index contributed by atoms with van der Waals surface area (Å²) in [5, 5.41) is 18.9. The van der Waals surface area contributed by atoms with Crippen LogP contribution in [0.1, 0.15) is 66.2 Å². The molecule has 0 bridgehead atoms. The second-order valence-corrected chi connectivity index (χ2v) is 8.83. The Labute approximate surface area is 157 Å². The zero-order chi connectivity index (χ0) is 19.4. The molecule has 2 amide bonds. The van der Waals surface area contributed by atoms with Crippen molar-refractivity contribution in [2.75, 3.05) is 13.1 Å². The number of carboxylic acid groups (broad SMARTS) is 2. The van der Waals surface area contributed by atoms with Gasteiger partial charge in [-0.2, -0.15) is 0 Å². The molecule has 2 saturated heterocycles. The summed E-state index contributed by atoms with van der Waals surface area (Å²) in [6.45, 7) is 10.2. The highest BCUT2D eigenvalue weighted by Crippen LogP contribution is 2.39. The van der Waals surface area contributed by atoms with Crippen LogP contribution in [0.2, 0.25) is 0 Å². The Hall–Kier alpha value is -1.46. The maximum atomic E-state index is 11.5. The summed E-state index contributed by atoms with van der Waals surface area (Å²) >= 11 is 0. The minimum atomic E-state index is -0.802.